The summed E-state index contributed by atoms with van der Waals surface area (Å²) in [5.74, 6) is 0.460. The second-order valence-electron chi connectivity index (χ2n) is 7.83. The van der Waals surface area contributed by atoms with E-state index in [1.807, 2.05) is 30.3 Å². The fraction of sp³-hybridized carbons (Fsp3) is 0.261. The van der Waals surface area contributed by atoms with Crippen molar-refractivity contribution >= 4 is 34.1 Å². The Labute approximate surface area is 188 Å². The maximum atomic E-state index is 13.2. The number of imidazole rings is 1. The molecule has 0 bridgehead atoms. The molecule has 0 atom stereocenters. The quantitative estimate of drug-likeness (QED) is 0.496. The van der Waals surface area contributed by atoms with Crippen LogP contribution in [0.4, 0.5) is 0 Å². The van der Waals surface area contributed by atoms with Crippen LogP contribution in [0.3, 0.4) is 0 Å². The highest BCUT2D eigenvalue weighted by Gasteiger charge is 2.24. The molecule has 0 radical (unpaired) electrons. The number of nitrogens with zero attached hydrogens (tertiary/aromatic N) is 4. The third kappa shape index (κ3) is 3.56. The van der Waals surface area contributed by atoms with Gasteiger partial charge in [-0.1, -0.05) is 41.9 Å². The second kappa shape index (κ2) is 8.38. The van der Waals surface area contributed by atoms with Crippen LogP contribution >= 0.6 is 11.6 Å². The van der Waals surface area contributed by atoms with Crippen LogP contribution in [0.15, 0.2) is 53.5 Å². The lowest BCUT2D eigenvalue weighted by molar-refractivity contribution is 0.0615. The highest BCUT2D eigenvalue weighted by molar-refractivity contribution is 6.34. The summed E-state index contributed by atoms with van der Waals surface area (Å²) >= 11 is 6.58. The van der Waals surface area contributed by atoms with Crippen molar-refractivity contribution in [1.82, 2.24) is 24.2 Å². The molecule has 2 N–H and O–H groups in total. The highest BCUT2D eigenvalue weighted by Crippen LogP contribution is 2.28. The van der Waals surface area contributed by atoms with Crippen LogP contribution in [0.25, 0.3) is 27.9 Å². The first-order valence-electron chi connectivity index (χ1n) is 10.5. The predicted octanol–water partition coefficient (Wildman–Crippen LogP) is 2.25. The van der Waals surface area contributed by atoms with E-state index < -0.39 is 0 Å². The third-order valence-electron chi connectivity index (χ3n) is 5.91. The SMILES string of the molecule is O=C(c1cc2[nH]c(=O)c3cnc(-c4ccccc4)n3c2cc1Cl)N1CCN(CCO)CC1. The molecule has 5 rings (SSSR count). The summed E-state index contributed by atoms with van der Waals surface area (Å²) in [6.07, 6.45) is 1.54. The molecule has 2 aromatic heterocycles. The molecule has 0 spiro atoms. The zero-order valence-electron chi connectivity index (χ0n) is 17.3. The number of halogens is 1. The number of H-pyrrole nitrogens is 1. The van der Waals surface area contributed by atoms with Gasteiger partial charge in [-0.3, -0.25) is 18.9 Å². The maximum Gasteiger partial charge on any atom is 0.274 e. The molecule has 1 aliphatic heterocycles. The average molecular weight is 452 g/mol. The fourth-order valence-electron chi connectivity index (χ4n) is 4.23. The maximum absolute atomic E-state index is 13.2. The Hall–Kier alpha value is -3.20. The van der Waals surface area contributed by atoms with Crippen LogP contribution in [0, 0.1) is 0 Å². The molecule has 1 amide bonds. The van der Waals surface area contributed by atoms with Gasteiger partial charge in [-0.2, -0.15) is 0 Å². The minimum absolute atomic E-state index is 0.103. The van der Waals surface area contributed by atoms with E-state index in [-0.39, 0.29) is 18.1 Å². The molecule has 2 aromatic carbocycles. The van der Waals surface area contributed by atoms with Crippen LogP contribution in [0.1, 0.15) is 10.4 Å². The number of piperazine rings is 1. The monoisotopic (exact) mass is 451 g/mol. The zero-order valence-corrected chi connectivity index (χ0v) is 18.0. The Morgan fingerprint density at radius 1 is 1.09 bits per heavy atom. The van der Waals surface area contributed by atoms with E-state index in [9.17, 15) is 9.59 Å². The molecular weight excluding hydrogens is 430 g/mol. The summed E-state index contributed by atoms with van der Waals surface area (Å²) in [4.78, 5) is 37.1. The number of aliphatic hydroxyl groups excluding tert-OH is 1. The molecule has 1 saturated heterocycles. The van der Waals surface area contributed by atoms with Gasteiger partial charge in [0.25, 0.3) is 11.5 Å². The van der Waals surface area contributed by atoms with Gasteiger partial charge in [-0.05, 0) is 12.1 Å². The molecule has 32 heavy (non-hydrogen) atoms. The fourth-order valence-corrected chi connectivity index (χ4v) is 4.47. The van der Waals surface area contributed by atoms with Gasteiger partial charge in [0.1, 0.15) is 11.3 Å². The topological polar surface area (TPSA) is 93.9 Å². The Bertz CT molecular complexity index is 1360. The minimum atomic E-state index is -0.287. The lowest BCUT2D eigenvalue weighted by atomic mass is 10.1. The Morgan fingerprint density at radius 2 is 1.84 bits per heavy atom. The normalized spacial score (nSPS) is 15.0. The van der Waals surface area contributed by atoms with Gasteiger partial charge < -0.3 is 15.0 Å². The van der Waals surface area contributed by atoms with Gasteiger partial charge in [0.15, 0.2) is 0 Å². The van der Waals surface area contributed by atoms with Crippen molar-refractivity contribution in [3.63, 3.8) is 0 Å². The Morgan fingerprint density at radius 3 is 2.56 bits per heavy atom. The Kier molecular flexibility index (Phi) is 5.42. The van der Waals surface area contributed by atoms with Gasteiger partial charge >= 0.3 is 0 Å². The van der Waals surface area contributed by atoms with Crippen LogP contribution in [-0.2, 0) is 0 Å². The summed E-state index contributed by atoms with van der Waals surface area (Å²) in [5, 5.41) is 9.43. The van der Waals surface area contributed by atoms with Crippen molar-refractivity contribution in [2.75, 3.05) is 39.3 Å². The highest BCUT2D eigenvalue weighted by atomic mass is 35.5. The number of carbonyl (C=O) groups is 1. The van der Waals surface area contributed by atoms with Gasteiger partial charge in [-0.25, -0.2) is 4.98 Å². The standard InChI is InChI=1S/C23H22ClN5O3/c24-17-13-19-18(12-16(17)23(32)28-8-6-27(7-9-28)10-11-30)26-22(31)20-14-25-21(29(19)20)15-4-2-1-3-5-15/h1-5,12-14,30H,6-11H2,(H,26,31). The number of nitrogens with one attached hydrogen (secondary N) is 1. The van der Waals surface area contributed by atoms with E-state index in [2.05, 4.69) is 14.9 Å². The Balaban J connectivity index is 1.58. The lowest BCUT2D eigenvalue weighted by Gasteiger charge is -2.34. The van der Waals surface area contributed by atoms with E-state index in [0.29, 0.717) is 65.7 Å². The largest absolute Gasteiger partial charge is 0.395 e. The molecular formula is C23H22ClN5O3. The number of rotatable bonds is 4. The molecule has 0 saturated carbocycles. The summed E-state index contributed by atoms with van der Waals surface area (Å²) < 4.78 is 1.78. The molecule has 1 aliphatic rings. The molecule has 0 aliphatic carbocycles. The van der Waals surface area contributed by atoms with Crippen molar-refractivity contribution < 1.29 is 9.90 Å². The number of amides is 1. The molecule has 4 aromatic rings. The number of aliphatic hydroxyl groups is 1. The smallest absolute Gasteiger partial charge is 0.274 e. The van der Waals surface area contributed by atoms with E-state index >= 15 is 0 Å². The number of benzene rings is 2. The van der Waals surface area contributed by atoms with Gasteiger partial charge in [-0.15, -0.1) is 0 Å². The number of carbonyl (C=O) groups excluding carboxylic acids is 1. The third-order valence-corrected chi connectivity index (χ3v) is 6.22. The first-order valence-corrected chi connectivity index (χ1v) is 10.9. The van der Waals surface area contributed by atoms with E-state index in [0.717, 1.165) is 5.56 Å². The minimum Gasteiger partial charge on any atom is -0.395 e. The number of aromatic amines is 1. The van der Waals surface area contributed by atoms with Gasteiger partial charge in [0, 0.05) is 38.3 Å². The van der Waals surface area contributed by atoms with Crippen molar-refractivity contribution in [2.45, 2.75) is 0 Å². The molecule has 9 heteroatoms. The van der Waals surface area contributed by atoms with Crippen LogP contribution in [0.5, 0.6) is 0 Å². The first kappa shape index (κ1) is 20.7. The summed E-state index contributed by atoms with van der Waals surface area (Å²) in [6.45, 7) is 3.22. The molecule has 3 heterocycles. The van der Waals surface area contributed by atoms with Crippen molar-refractivity contribution in [2.24, 2.45) is 0 Å². The summed E-state index contributed by atoms with van der Waals surface area (Å²) in [6, 6.07) is 13.0. The van der Waals surface area contributed by atoms with Crippen LogP contribution < -0.4 is 5.56 Å². The number of hydrogen-bond acceptors (Lipinski definition) is 5. The first-order chi connectivity index (χ1) is 15.6. The zero-order chi connectivity index (χ0) is 22.2. The molecule has 0 unspecified atom stereocenters. The number of aromatic nitrogens is 3. The van der Waals surface area contributed by atoms with Crippen LogP contribution in [0.2, 0.25) is 5.02 Å². The number of fused-ring (bicyclic) bond motifs is 3. The predicted molar refractivity (Wildman–Crippen MR) is 123 cm³/mol. The van der Waals surface area contributed by atoms with E-state index in [1.165, 1.54) is 0 Å². The van der Waals surface area contributed by atoms with Gasteiger partial charge in [0.05, 0.1) is 34.4 Å². The van der Waals surface area contributed by atoms with Gasteiger partial charge in [0.2, 0.25) is 0 Å². The van der Waals surface area contributed by atoms with Crippen molar-refractivity contribution in [1.29, 1.82) is 0 Å². The molecule has 8 nitrogen and oxygen atoms in total. The van der Waals surface area contributed by atoms with Crippen molar-refractivity contribution in [3.05, 3.63) is 69.6 Å². The van der Waals surface area contributed by atoms with Crippen LogP contribution in [-0.4, -0.2) is 74.5 Å². The van der Waals surface area contributed by atoms with E-state index in [4.69, 9.17) is 16.7 Å². The van der Waals surface area contributed by atoms with E-state index in [1.54, 1.807) is 27.6 Å². The average Bonchev–Trinajstić information content (AvgIpc) is 3.26. The second-order valence-corrected chi connectivity index (χ2v) is 8.24. The van der Waals surface area contributed by atoms with Crippen molar-refractivity contribution in [3.8, 4) is 11.4 Å². The summed E-state index contributed by atoms with van der Waals surface area (Å²) in [5.41, 5.74) is 2.54. The lowest BCUT2D eigenvalue weighted by Crippen LogP contribution is -2.49. The number of β-amino-alcohol motifs (C(OH)–C–C–N with tert-alkyl or cyclic N) is 1. The molecule has 164 valence electrons. The molecule has 1 fully saturated rings. The number of hydrogen-bond donors (Lipinski definition) is 2. The summed E-state index contributed by atoms with van der Waals surface area (Å²) in [7, 11) is 0.